The fourth-order valence-corrected chi connectivity index (χ4v) is 5.18. The van der Waals surface area contributed by atoms with E-state index in [1.54, 1.807) is 35.1 Å². The van der Waals surface area contributed by atoms with Crippen LogP contribution in [0.5, 0.6) is 0 Å². The Morgan fingerprint density at radius 1 is 1.14 bits per heavy atom. The molecule has 5 heterocycles. The van der Waals surface area contributed by atoms with Gasteiger partial charge in [0.25, 0.3) is 0 Å². The molecular formula is C19H18N6OS2. The zero-order chi connectivity index (χ0) is 19.1. The molecule has 0 atom stereocenters. The summed E-state index contributed by atoms with van der Waals surface area (Å²) in [6, 6.07) is 4.08. The van der Waals surface area contributed by atoms with Crippen molar-refractivity contribution >= 4 is 44.7 Å². The lowest BCUT2D eigenvalue weighted by atomic mass is 10.1. The monoisotopic (exact) mass is 410 g/mol. The molecule has 0 aromatic carbocycles. The van der Waals surface area contributed by atoms with E-state index in [1.165, 1.54) is 0 Å². The average molecular weight is 411 g/mol. The summed E-state index contributed by atoms with van der Waals surface area (Å²) >= 11 is 3.36. The van der Waals surface area contributed by atoms with Crippen LogP contribution in [-0.2, 0) is 4.74 Å². The third-order valence-corrected chi connectivity index (χ3v) is 6.66. The molecule has 0 aliphatic carbocycles. The third-order valence-electron chi connectivity index (χ3n) is 4.70. The molecule has 2 N–H and O–H groups in total. The van der Waals surface area contributed by atoms with Crippen LogP contribution >= 0.6 is 22.7 Å². The van der Waals surface area contributed by atoms with Crippen LogP contribution in [0, 0.1) is 6.92 Å². The second kappa shape index (κ2) is 7.08. The van der Waals surface area contributed by atoms with Gasteiger partial charge in [-0.25, -0.2) is 19.9 Å². The first-order valence-corrected chi connectivity index (χ1v) is 10.7. The molecule has 142 valence electrons. The Kier molecular flexibility index (Phi) is 4.42. The summed E-state index contributed by atoms with van der Waals surface area (Å²) in [4.78, 5) is 22.8. The van der Waals surface area contributed by atoms with Crippen LogP contribution < -0.4 is 10.6 Å². The molecule has 28 heavy (non-hydrogen) atoms. The van der Waals surface area contributed by atoms with E-state index in [2.05, 4.69) is 27.9 Å². The number of fused-ring (bicyclic) bond motifs is 1. The van der Waals surface area contributed by atoms with Gasteiger partial charge in [-0.15, -0.1) is 22.7 Å². The maximum atomic E-state index is 5.68. The van der Waals surface area contributed by atoms with Gasteiger partial charge in [-0.1, -0.05) is 6.07 Å². The van der Waals surface area contributed by atoms with Crippen LogP contribution in [-0.4, -0.2) is 46.2 Å². The number of aryl methyl sites for hydroxylation is 1. The fraction of sp³-hybridized carbons (Fsp3) is 0.263. The number of morpholine rings is 1. The molecule has 4 aromatic rings. The second-order valence-corrected chi connectivity index (χ2v) is 8.66. The molecule has 0 saturated carbocycles. The maximum Gasteiger partial charge on any atom is 0.219 e. The Balaban J connectivity index is 1.76. The highest BCUT2D eigenvalue weighted by atomic mass is 32.1. The van der Waals surface area contributed by atoms with E-state index in [-0.39, 0.29) is 5.95 Å². The molecular weight excluding hydrogens is 392 g/mol. The summed E-state index contributed by atoms with van der Waals surface area (Å²) in [5, 5.41) is 2.05. The number of ether oxygens (including phenoxy) is 1. The molecule has 0 amide bonds. The van der Waals surface area contributed by atoms with Crippen molar-refractivity contribution in [2.45, 2.75) is 6.92 Å². The topological polar surface area (TPSA) is 90.0 Å². The second-order valence-electron chi connectivity index (χ2n) is 6.49. The van der Waals surface area contributed by atoms with E-state index >= 15 is 0 Å². The van der Waals surface area contributed by atoms with Crippen molar-refractivity contribution in [2.75, 3.05) is 36.9 Å². The van der Waals surface area contributed by atoms with Gasteiger partial charge in [-0.05, 0) is 18.4 Å². The smallest absolute Gasteiger partial charge is 0.219 e. The van der Waals surface area contributed by atoms with Gasteiger partial charge in [0, 0.05) is 41.5 Å². The molecule has 0 unspecified atom stereocenters. The number of aromatic nitrogens is 4. The van der Waals surface area contributed by atoms with Gasteiger partial charge in [-0.2, -0.15) is 0 Å². The van der Waals surface area contributed by atoms with Crippen LogP contribution in [0.25, 0.3) is 32.0 Å². The molecule has 1 aliphatic rings. The van der Waals surface area contributed by atoms with Crippen molar-refractivity contribution in [3.63, 3.8) is 0 Å². The first-order valence-electron chi connectivity index (χ1n) is 8.96. The Morgan fingerprint density at radius 2 is 1.93 bits per heavy atom. The number of anilines is 2. The summed E-state index contributed by atoms with van der Waals surface area (Å²) < 4.78 is 6.63. The number of thiophene rings is 2. The number of rotatable bonds is 3. The van der Waals surface area contributed by atoms with Gasteiger partial charge in [-0.3, -0.25) is 0 Å². The molecule has 5 rings (SSSR count). The Labute approximate surface area is 169 Å². The van der Waals surface area contributed by atoms with Gasteiger partial charge >= 0.3 is 0 Å². The minimum atomic E-state index is 0.267. The lowest BCUT2D eigenvalue weighted by Crippen LogP contribution is -2.36. The highest BCUT2D eigenvalue weighted by molar-refractivity contribution is 7.20. The molecule has 7 nitrogen and oxygen atoms in total. The predicted molar refractivity (Wildman–Crippen MR) is 114 cm³/mol. The van der Waals surface area contributed by atoms with Crippen molar-refractivity contribution in [2.24, 2.45) is 0 Å². The minimum absolute atomic E-state index is 0.267. The Bertz CT molecular complexity index is 1120. The number of nitrogen functional groups attached to an aromatic ring is 1. The van der Waals surface area contributed by atoms with E-state index < -0.39 is 0 Å². The lowest BCUT2D eigenvalue weighted by Gasteiger charge is -2.28. The van der Waals surface area contributed by atoms with E-state index in [9.17, 15) is 0 Å². The zero-order valence-electron chi connectivity index (χ0n) is 15.3. The SMILES string of the molecule is Cc1sc2c(N3CCOCC3)nc(-c3cccs3)nc2c1-c1cnc(N)nc1. The third kappa shape index (κ3) is 3.01. The van der Waals surface area contributed by atoms with E-state index in [4.69, 9.17) is 20.4 Å². The summed E-state index contributed by atoms with van der Waals surface area (Å²) in [6.45, 7) is 5.18. The number of nitrogens with two attached hydrogens (primary N) is 1. The Hall–Kier alpha value is -2.62. The average Bonchev–Trinajstić information content (AvgIpc) is 3.36. The zero-order valence-corrected chi connectivity index (χ0v) is 16.9. The lowest BCUT2D eigenvalue weighted by molar-refractivity contribution is 0.122. The predicted octanol–water partition coefficient (Wildman–Crippen LogP) is 3.60. The van der Waals surface area contributed by atoms with E-state index in [1.807, 2.05) is 11.4 Å². The van der Waals surface area contributed by atoms with Crippen molar-refractivity contribution < 1.29 is 4.74 Å². The summed E-state index contributed by atoms with van der Waals surface area (Å²) in [7, 11) is 0. The van der Waals surface area contributed by atoms with Gasteiger partial charge in [0.15, 0.2) is 11.6 Å². The molecule has 4 aromatic heterocycles. The van der Waals surface area contributed by atoms with E-state index in [0.29, 0.717) is 13.2 Å². The van der Waals surface area contributed by atoms with Gasteiger partial charge in [0.05, 0.1) is 28.3 Å². The number of hydrogen-bond acceptors (Lipinski definition) is 9. The van der Waals surface area contributed by atoms with Crippen molar-refractivity contribution in [3.05, 3.63) is 34.8 Å². The van der Waals surface area contributed by atoms with Gasteiger partial charge in [0.1, 0.15) is 0 Å². The molecule has 1 aliphatic heterocycles. The molecule has 0 spiro atoms. The molecule has 0 radical (unpaired) electrons. The summed E-state index contributed by atoms with van der Waals surface area (Å²) in [6.07, 6.45) is 3.52. The maximum absolute atomic E-state index is 5.68. The normalized spacial score (nSPS) is 14.7. The summed E-state index contributed by atoms with van der Waals surface area (Å²) in [5.41, 5.74) is 8.59. The molecule has 1 fully saturated rings. The van der Waals surface area contributed by atoms with Crippen LogP contribution in [0.3, 0.4) is 0 Å². The van der Waals surface area contributed by atoms with Crippen LogP contribution in [0.15, 0.2) is 29.9 Å². The van der Waals surface area contributed by atoms with Crippen molar-refractivity contribution in [1.29, 1.82) is 0 Å². The minimum Gasteiger partial charge on any atom is -0.378 e. The van der Waals surface area contributed by atoms with Gasteiger partial charge in [0.2, 0.25) is 5.95 Å². The quantitative estimate of drug-likeness (QED) is 0.552. The summed E-state index contributed by atoms with van der Waals surface area (Å²) in [5.74, 6) is 2.00. The standard InChI is InChI=1S/C19H18N6OS2/c1-11-14(12-9-21-19(20)22-10-12)15-16(28-11)18(25-4-6-26-7-5-25)24-17(23-15)13-3-2-8-27-13/h2-3,8-10H,4-7H2,1H3,(H2,20,21,22). The van der Waals surface area contributed by atoms with Crippen LogP contribution in [0.1, 0.15) is 4.88 Å². The van der Waals surface area contributed by atoms with Crippen LogP contribution in [0.2, 0.25) is 0 Å². The van der Waals surface area contributed by atoms with Crippen molar-refractivity contribution in [3.8, 4) is 21.8 Å². The van der Waals surface area contributed by atoms with E-state index in [0.717, 1.165) is 55.8 Å². The molecule has 9 heteroatoms. The highest BCUT2D eigenvalue weighted by Gasteiger charge is 2.23. The fourth-order valence-electron chi connectivity index (χ4n) is 3.39. The first kappa shape index (κ1) is 17.5. The van der Waals surface area contributed by atoms with Crippen LogP contribution in [0.4, 0.5) is 11.8 Å². The van der Waals surface area contributed by atoms with Crippen molar-refractivity contribution in [1.82, 2.24) is 19.9 Å². The largest absolute Gasteiger partial charge is 0.378 e. The van der Waals surface area contributed by atoms with Gasteiger partial charge < -0.3 is 15.4 Å². The molecule has 1 saturated heterocycles. The highest BCUT2D eigenvalue weighted by Crippen LogP contribution is 2.42. The number of hydrogen-bond donors (Lipinski definition) is 1. The number of nitrogens with zero attached hydrogens (tertiary/aromatic N) is 5. The molecule has 0 bridgehead atoms. The first-order chi connectivity index (χ1) is 13.7. The Morgan fingerprint density at radius 3 is 2.64 bits per heavy atom.